The fraction of sp³-hybridized carbons (Fsp3) is 0. The standard InChI is InChI=1S/C48H30N2O/c1-3-12-31(13-4-1)36-18-11-20-45-48(36)41-29-33(23-26-44(41)49(45)34-14-5-2-6-15-34)32-22-25-43-39(28-32)37-16-7-9-19-42(37)50(43)35-24-27-47-40(30-35)38-17-8-10-21-46(38)51-47/h1-30H/i7D,9D,16D,19D,22D,25D,28D. The smallest absolute Gasteiger partial charge is 0.135 e. The minimum atomic E-state index is -0.432. The van der Waals surface area contributed by atoms with Crippen LogP contribution in [0.5, 0.6) is 0 Å². The molecule has 0 bridgehead atoms. The van der Waals surface area contributed by atoms with E-state index in [1.54, 1.807) is 16.7 Å². The molecular formula is C48H30N2O. The van der Waals surface area contributed by atoms with Crippen LogP contribution in [0.1, 0.15) is 9.60 Å². The summed E-state index contributed by atoms with van der Waals surface area (Å²) < 4.78 is 74.7. The molecule has 0 spiro atoms. The fourth-order valence-electron chi connectivity index (χ4n) is 7.71. The van der Waals surface area contributed by atoms with Crippen LogP contribution in [0.25, 0.3) is 99.2 Å². The van der Waals surface area contributed by atoms with E-state index in [0.717, 1.165) is 49.4 Å². The molecule has 3 heterocycles. The lowest BCUT2D eigenvalue weighted by atomic mass is 9.97. The highest BCUT2D eigenvalue weighted by molar-refractivity contribution is 6.17. The molecule has 0 amide bonds. The second kappa shape index (κ2) is 10.8. The van der Waals surface area contributed by atoms with Gasteiger partial charge in [0.1, 0.15) is 11.2 Å². The van der Waals surface area contributed by atoms with Crippen LogP contribution < -0.4 is 0 Å². The first-order chi connectivity index (χ1) is 28.2. The van der Waals surface area contributed by atoms with Gasteiger partial charge in [-0.2, -0.15) is 0 Å². The van der Waals surface area contributed by atoms with Gasteiger partial charge in [0, 0.05) is 43.7 Å². The Bertz CT molecular complexity index is 3530. The Labute approximate surface area is 303 Å². The maximum Gasteiger partial charge on any atom is 0.135 e. The minimum Gasteiger partial charge on any atom is -0.456 e. The predicted molar refractivity (Wildman–Crippen MR) is 213 cm³/mol. The lowest BCUT2D eigenvalue weighted by molar-refractivity contribution is 0.669. The highest BCUT2D eigenvalue weighted by Gasteiger charge is 2.19. The maximum atomic E-state index is 9.88. The Morgan fingerprint density at radius 1 is 0.412 bits per heavy atom. The molecule has 0 radical (unpaired) electrons. The van der Waals surface area contributed by atoms with E-state index in [0.29, 0.717) is 22.4 Å². The lowest BCUT2D eigenvalue weighted by Gasteiger charge is -2.09. The van der Waals surface area contributed by atoms with Crippen LogP contribution in [0.3, 0.4) is 0 Å². The maximum absolute atomic E-state index is 9.88. The van der Waals surface area contributed by atoms with E-state index in [1.807, 2.05) is 84.9 Å². The van der Waals surface area contributed by atoms with Crippen LogP contribution in [0.2, 0.25) is 0 Å². The molecular weight excluding hydrogens is 621 g/mol. The van der Waals surface area contributed by atoms with Gasteiger partial charge >= 0.3 is 0 Å². The highest BCUT2D eigenvalue weighted by Crippen LogP contribution is 2.42. The molecule has 51 heavy (non-hydrogen) atoms. The number of benzene rings is 8. The van der Waals surface area contributed by atoms with Crippen LogP contribution in [-0.2, 0) is 0 Å². The molecule has 3 nitrogen and oxygen atoms in total. The summed E-state index contributed by atoms with van der Waals surface area (Å²) in [5.74, 6) is 0. The van der Waals surface area contributed by atoms with E-state index in [2.05, 4.69) is 47.0 Å². The van der Waals surface area contributed by atoms with Crippen molar-refractivity contribution in [3.63, 3.8) is 0 Å². The molecule has 0 fully saturated rings. The monoisotopic (exact) mass is 657 g/mol. The molecule has 0 aliphatic carbocycles. The van der Waals surface area contributed by atoms with Crippen molar-refractivity contribution in [2.75, 3.05) is 0 Å². The largest absolute Gasteiger partial charge is 0.456 e. The summed E-state index contributed by atoms with van der Waals surface area (Å²) in [5.41, 5.74) is 7.93. The summed E-state index contributed by atoms with van der Waals surface area (Å²) in [6, 6.07) is 43.6. The average Bonchev–Trinajstić information content (AvgIpc) is 3.93. The number of rotatable bonds is 4. The zero-order valence-electron chi connectivity index (χ0n) is 34.1. The summed E-state index contributed by atoms with van der Waals surface area (Å²) in [4.78, 5) is 0. The second-order valence-electron chi connectivity index (χ2n) is 12.8. The van der Waals surface area contributed by atoms with Crippen molar-refractivity contribution in [1.82, 2.24) is 9.13 Å². The van der Waals surface area contributed by atoms with Gasteiger partial charge in [0.15, 0.2) is 0 Å². The van der Waals surface area contributed by atoms with Crippen molar-refractivity contribution in [3.05, 3.63) is 182 Å². The second-order valence-corrected chi connectivity index (χ2v) is 12.8. The third kappa shape index (κ3) is 4.19. The summed E-state index contributed by atoms with van der Waals surface area (Å²) in [6.07, 6.45) is 0. The van der Waals surface area contributed by atoms with Crippen molar-refractivity contribution in [3.8, 4) is 33.6 Å². The van der Waals surface area contributed by atoms with Crippen LogP contribution in [0.4, 0.5) is 0 Å². The summed E-state index contributed by atoms with van der Waals surface area (Å²) in [5, 5.41) is 3.90. The summed E-state index contributed by atoms with van der Waals surface area (Å²) in [7, 11) is 0. The number of fused-ring (bicyclic) bond motifs is 9. The molecule has 0 aliphatic rings. The van der Waals surface area contributed by atoms with Crippen molar-refractivity contribution < 1.29 is 14.0 Å². The predicted octanol–water partition coefficient (Wildman–Crippen LogP) is 13.1. The first kappa shape index (κ1) is 22.0. The molecule has 8 aromatic carbocycles. The van der Waals surface area contributed by atoms with Gasteiger partial charge in [0.05, 0.1) is 31.7 Å². The normalized spacial score (nSPS) is 13.8. The zero-order valence-corrected chi connectivity index (χ0v) is 27.1. The first-order valence-electron chi connectivity index (χ1n) is 20.4. The van der Waals surface area contributed by atoms with E-state index in [9.17, 15) is 4.11 Å². The van der Waals surface area contributed by atoms with Crippen LogP contribution in [0.15, 0.2) is 186 Å². The van der Waals surface area contributed by atoms with Crippen molar-refractivity contribution in [1.29, 1.82) is 0 Å². The minimum absolute atomic E-state index is 0.0888. The molecule has 0 unspecified atom stereocenters. The molecule has 0 saturated carbocycles. The molecule has 0 N–H and O–H groups in total. The van der Waals surface area contributed by atoms with Gasteiger partial charge in [-0.25, -0.2) is 0 Å². The summed E-state index contributed by atoms with van der Waals surface area (Å²) >= 11 is 0. The fourth-order valence-corrected chi connectivity index (χ4v) is 7.71. The molecule has 0 atom stereocenters. The van der Waals surface area contributed by atoms with Gasteiger partial charge < -0.3 is 13.6 Å². The van der Waals surface area contributed by atoms with E-state index in [1.165, 1.54) is 0 Å². The van der Waals surface area contributed by atoms with Gasteiger partial charge in [-0.15, -0.1) is 0 Å². The Balaban J connectivity index is 1.24. The Kier molecular flexibility index (Phi) is 4.67. The molecule has 3 heteroatoms. The van der Waals surface area contributed by atoms with Crippen LogP contribution in [-0.4, -0.2) is 9.13 Å². The van der Waals surface area contributed by atoms with Gasteiger partial charge in [-0.1, -0.05) is 109 Å². The van der Waals surface area contributed by atoms with Crippen molar-refractivity contribution >= 4 is 65.6 Å². The quantitative estimate of drug-likeness (QED) is 0.185. The summed E-state index contributed by atoms with van der Waals surface area (Å²) in [6.45, 7) is 0. The van der Waals surface area contributed by atoms with Gasteiger partial charge in [-0.3, -0.25) is 0 Å². The molecule has 11 rings (SSSR count). The Hall–Kier alpha value is -6.84. The Morgan fingerprint density at radius 3 is 2.08 bits per heavy atom. The van der Waals surface area contributed by atoms with Gasteiger partial charge in [0.2, 0.25) is 0 Å². The topological polar surface area (TPSA) is 23.0 Å². The van der Waals surface area contributed by atoms with Crippen molar-refractivity contribution in [2.45, 2.75) is 0 Å². The number of nitrogens with zero attached hydrogens (tertiary/aromatic N) is 2. The van der Waals surface area contributed by atoms with E-state index in [-0.39, 0.29) is 57.6 Å². The van der Waals surface area contributed by atoms with E-state index >= 15 is 0 Å². The number of aromatic nitrogens is 2. The highest BCUT2D eigenvalue weighted by atomic mass is 16.3. The third-order valence-corrected chi connectivity index (χ3v) is 9.95. The van der Waals surface area contributed by atoms with Gasteiger partial charge in [-0.05, 0) is 95.0 Å². The molecule has 0 saturated heterocycles. The number of hydrogen-bond acceptors (Lipinski definition) is 1. The number of furan rings is 1. The Morgan fingerprint density at radius 2 is 1.18 bits per heavy atom. The van der Waals surface area contributed by atoms with Gasteiger partial charge in [0.25, 0.3) is 0 Å². The zero-order chi connectivity index (χ0) is 39.6. The van der Waals surface area contributed by atoms with Crippen LogP contribution in [0, 0.1) is 0 Å². The number of hydrogen-bond donors (Lipinski definition) is 0. The van der Waals surface area contributed by atoms with E-state index < -0.39 is 12.1 Å². The lowest BCUT2D eigenvalue weighted by Crippen LogP contribution is -1.93. The van der Waals surface area contributed by atoms with E-state index in [4.69, 9.17) is 9.90 Å². The number of para-hydroxylation sites is 3. The third-order valence-electron chi connectivity index (χ3n) is 9.95. The molecule has 238 valence electrons. The first-order valence-corrected chi connectivity index (χ1v) is 16.9. The van der Waals surface area contributed by atoms with Crippen molar-refractivity contribution in [2.24, 2.45) is 0 Å². The SMILES string of the molecule is [2H]c1c([2H])c([2H])c2c(c1[2H])c1c([2H])c(-c3ccc4c(c3)c3c(-c5ccccc5)cccc3n4-c3ccccc3)c([2H])c([2H])c1n2-c1ccc2oc3ccccc3c2c1. The average molecular weight is 658 g/mol. The molecule has 0 aliphatic heterocycles. The molecule has 3 aromatic heterocycles. The van der Waals surface area contributed by atoms with Crippen LogP contribution >= 0.6 is 0 Å². The molecule has 11 aromatic rings.